The predicted octanol–water partition coefficient (Wildman–Crippen LogP) is 1.38. The second-order valence-electron chi connectivity index (χ2n) is 4.31. The van der Waals surface area contributed by atoms with Crippen LogP contribution < -0.4 is 0 Å². The Morgan fingerprint density at radius 3 is 3.06 bits per heavy atom. The van der Waals surface area contributed by atoms with Gasteiger partial charge in [0, 0.05) is 25.0 Å². The Hall–Kier alpha value is -1.42. The van der Waals surface area contributed by atoms with E-state index in [2.05, 4.69) is 9.88 Å². The van der Waals surface area contributed by atoms with Gasteiger partial charge in [-0.05, 0) is 31.5 Å². The average Bonchev–Trinajstić information content (AvgIpc) is 2.62. The molecule has 2 heterocycles. The maximum atomic E-state index is 11.0. The first-order valence-electron chi connectivity index (χ1n) is 5.54. The van der Waals surface area contributed by atoms with Gasteiger partial charge in [0.1, 0.15) is 0 Å². The van der Waals surface area contributed by atoms with Crippen molar-refractivity contribution in [3.8, 4) is 0 Å². The van der Waals surface area contributed by atoms with Gasteiger partial charge in [-0.3, -0.25) is 14.7 Å². The van der Waals surface area contributed by atoms with Gasteiger partial charge in [0.15, 0.2) is 0 Å². The fraction of sp³-hybridized carbons (Fsp3) is 0.500. The largest absolute Gasteiger partial charge is 0.481 e. The molecule has 0 bridgehead atoms. The van der Waals surface area contributed by atoms with Crippen LogP contribution in [-0.2, 0) is 11.3 Å². The molecule has 0 spiro atoms. The van der Waals surface area contributed by atoms with Gasteiger partial charge in [-0.15, -0.1) is 0 Å². The van der Waals surface area contributed by atoms with E-state index in [4.69, 9.17) is 5.11 Å². The number of likely N-dealkylation sites (tertiary alicyclic amines) is 1. The molecule has 1 N–H and O–H groups in total. The van der Waals surface area contributed by atoms with Crippen molar-refractivity contribution in [1.82, 2.24) is 9.88 Å². The third-order valence-electron chi connectivity index (χ3n) is 3.31. The molecule has 0 aromatic carbocycles. The van der Waals surface area contributed by atoms with Crippen LogP contribution in [0.15, 0.2) is 24.5 Å². The number of carboxylic acid groups (broad SMARTS) is 1. The summed E-state index contributed by atoms with van der Waals surface area (Å²) >= 11 is 0. The van der Waals surface area contributed by atoms with Crippen LogP contribution in [-0.4, -0.2) is 33.5 Å². The highest BCUT2D eigenvalue weighted by Crippen LogP contribution is 2.25. The van der Waals surface area contributed by atoms with E-state index in [1.165, 1.54) is 0 Å². The second kappa shape index (κ2) is 4.61. The van der Waals surface area contributed by atoms with Crippen molar-refractivity contribution in [2.75, 3.05) is 6.54 Å². The van der Waals surface area contributed by atoms with Crippen LogP contribution >= 0.6 is 0 Å². The first-order chi connectivity index (χ1) is 7.68. The number of carboxylic acids is 1. The van der Waals surface area contributed by atoms with Crippen molar-refractivity contribution in [1.29, 1.82) is 0 Å². The number of aliphatic carboxylic acids is 1. The molecule has 0 saturated carbocycles. The van der Waals surface area contributed by atoms with Crippen LogP contribution in [0.1, 0.15) is 18.9 Å². The molecular formula is C12H16N2O2. The first-order valence-corrected chi connectivity index (χ1v) is 5.54. The molecule has 4 nitrogen and oxygen atoms in total. The molecule has 1 aliphatic heterocycles. The lowest BCUT2D eigenvalue weighted by Gasteiger charge is -2.22. The molecule has 16 heavy (non-hydrogen) atoms. The van der Waals surface area contributed by atoms with Crippen LogP contribution in [0, 0.1) is 5.92 Å². The highest BCUT2D eigenvalue weighted by Gasteiger charge is 2.35. The van der Waals surface area contributed by atoms with Crippen LogP contribution in [0.2, 0.25) is 0 Å². The predicted molar refractivity (Wildman–Crippen MR) is 59.9 cm³/mol. The topological polar surface area (TPSA) is 53.4 Å². The summed E-state index contributed by atoms with van der Waals surface area (Å²) in [6.07, 6.45) is 4.33. The van der Waals surface area contributed by atoms with Crippen LogP contribution in [0.4, 0.5) is 0 Å². The van der Waals surface area contributed by atoms with Gasteiger partial charge >= 0.3 is 5.97 Å². The zero-order chi connectivity index (χ0) is 11.5. The zero-order valence-corrected chi connectivity index (χ0v) is 9.34. The summed E-state index contributed by atoms with van der Waals surface area (Å²) in [7, 11) is 0. The Balaban J connectivity index is 2.00. The van der Waals surface area contributed by atoms with Gasteiger partial charge in [0.05, 0.1) is 5.92 Å². The minimum Gasteiger partial charge on any atom is -0.481 e. The van der Waals surface area contributed by atoms with E-state index >= 15 is 0 Å². The molecule has 2 atom stereocenters. The Kier molecular flexibility index (Phi) is 3.19. The summed E-state index contributed by atoms with van der Waals surface area (Å²) in [5, 5.41) is 9.03. The Morgan fingerprint density at radius 2 is 2.50 bits per heavy atom. The van der Waals surface area contributed by atoms with E-state index in [0.29, 0.717) is 0 Å². The molecule has 1 aromatic rings. The number of hydrogen-bond donors (Lipinski definition) is 1. The molecule has 2 rings (SSSR count). The van der Waals surface area contributed by atoms with Crippen molar-refractivity contribution in [2.45, 2.75) is 25.9 Å². The van der Waals surface area contributed by atoms with Crippen molar-refractivity contribution in [3.63, 3.8) is 0 Å². The third kappa shape index (κ3) is 2.22. The standard InChI is InChI=1S/C12H16N2O2/c1-9-11(12(15)16)4-6-14(9)8-10-3-2-5-13-7-10/h2-3,5,7,9,11H,4,6,8H2,1H3,(H,15,16). The molecule has 4 heteroatoms. The molecule has 1 aliphatic rings. The highest BCUT2D eigenvalue weighted by atomic mass is 16.4. The molecule has 1 aromatic heterocycles. The zero-order valence-electron chi connectivity index (χ0n) is 9.34. The maximum Gasteiger partial charge on any atom is 0.308 e. The Bertz CT molecular complexity index is 367. The molecule has 2 unspecified atom stereocenters. The van der Waals surface area contributed by atoms with Gasteiger partial charge in [-0.2, -0.15) is 0 Å². The lowest BCUT2D eigenvalue weighted by molar-refractivity contribution is -0.142. The number of pyridine rings is 1. The van der Waals surface area contributed by atoms with E-state index in [1.54, 1.807) is 6.20 Å². The number of carbonyl (C=O) groups is 1. The van der Waals surface area contributed by atoms with E-state index < -0.39 is 5.97 Å². The summed E-state index contributed by atoms with van der Waals surface area (Å²) < 4.78 is 0. The first kappa shape index (κ1) is 11.1. The van der Waals surface area contributed by atoms with E-state index in [9.17, 15) is 4.79 Å². The van der Waals surface area contributed by atoms with Crippen molar-refractivity contribution in [2.24, 2.45) is 5.92 Å². The Labute approximate surface area is 94.9 Å². The minimum atomic E-state index is -0.679. The smallest absolute Gasteiger partial charge is 0.308 e. The van der Waals surface area contributed by atoms with Crippen LogP contribution in [0.5, 0.6) is 0 Å². The van der Waals surface area contributed by atoms with Gasteiger partial charge in [-0.1, -0.05) is 6.07 Å². The van der Waals surface area contributed by atoms with E-state index in [-0.39, 0.29) is 12.0 Å². The summed E-state index contributed by atoms with van der Waals surface area (Å²) in [4.78, 5) is 17.2. The molecule has 0 aliphatic carbocycles. The SMILES string of the molecule is CC1C(C(=O)O)CCN1Cc1cccnc1. The van der Waals surface area contributed by atoms with Crippen LogP contribution in [0.3, 0.4) is 0 Å². The van der Waals surface area contributed by atoms with Crippen molar-refractivity contribution >= 4 is 5.97 Å². The maximum absolute atomic E-state index is 11.0. The number of hydrogen-bond acceptors (Lipinski definition) is 3. The van der Waals surface area contributed by atoms with Crippen molar-refractivity contribution < 1.29 is 9.90 Å². The second-order valence-corrected chi connectivity index (χ2v) is 4.31. The summed E-state index contributed by atoms with van der Waals surface area (Å²) in [5.74, 6) is -0.905. The lowest BCUT2D eigenvalue weighted by atomic mass is 10.0. The normalized spacial score (nSPS) is 25.8. The molecule has 1 fully saturated rings. The molecular weight excluding hydrogens is 204 g/mol. The molecule has 0 radical (unpaired) electrons. The number of aromatic nitrogens is 1. The minimum absolute atomic E-state index is 0.109. The third-order valence-corrected chi connectivity index (χ3v) is 3.31. The summed E-state index contributed by atoms with van der Waals surface area (Å²) in [5.41, 5.74) is 1.14. The number of rotatable bonds is 3. The van der Waals surface area contributed by atoms with E-state index in [1.807, 2.05) is 25.3 Å². The molecule has 1 saturated heterocycles. The Morgan fingerprint density at radius 1 is 1.69 bits per heavy atom. The lowest BCUT2D eigenvalue weighted by Crippen LogP contribution is -2.32. The monoisotopic (exact) mass is 220 g/mol. The average molecular weight is 220 g/mol. The van der Waals surface area contributed by atoms with E-state index in [0.717, 1.165) is 25.1 Å². The summed E-state index contributed by atoms with van der Waals surface area (Å²) in [6, 6.07) is 4.04. The van der Waals surface area contributed by atoms with Gasteiger partial charge < -0.3 is 5.11 Å². The quantitative estimate of drug-likeness (QED) is 0.836. The van der Waals surface area contributed by atoms with Crippen LogP contribution in [0.25, 0.3) is 0 Å². The van der Waals surface area contributed by atoms with Gasteiger partial charge in [-0.25, -0.2) is 0 Å². The van der Waals surface area contributed by atoms with Crippen molar-refractivity contribution in [3.05, 3.63) is 30.1 Å². The van der Waals surface area contributed by atoms with Gasteiger partial charge in [0.2, 0.25) is 0 Å². The number of nitrogens with zero attached hydrogens (tertiary/aromatic N) is 2. The highest BCUT2D eigenvalue weighted by molar-refractivity contribution is 5.71. The fourth-order valence-corrected chi connectivity index (χ4v) is 2.28. The molecule has 0 amide bonds. The fourth-order valence-electron chi connectivity index (χ4n) is 2.28. The van der Waals surface area contributed by atoms with Gasteiger partial charge in [0.25, 0.3) is 0 Å². The summed E-state index contributed by atoms with van der Waals surface area (Å²) in [6.45, 7) is 3.63. The molecule has 86 valence electrons.